The van der Waals surface area contributed by atoms with Crippen molar-refractivity contribution < 1.29 is 9.53 Å². The predicted molar refractivity (Wildman–Crippen MR) is 103 cm³/mol. The maximum absolute atomic E-state index is 12.9. The molecule has 0 saturated carbocycles. The van der Waals surface area contributed by atoms with Gasteiger partial charge in [0.2, 0.25) is 0 Å². The quantitative estimate of drug-likeness (QED) is 0.544. The third-order valence-electron chi connectivity index (χ3n) is 3.92. The molecule has 0 saturated heterocycles. The van der Waals surface area contributed by atoms with Crippen LogP contribution in [0.25, 0.3) is 11.6 Å². The third-order valence-corrected chi connectivity index (χ3v) is 3.92. The summed E-state index contributed by atoms with van der Waals surface area (Å²) in [4.78, 5) is 17.1. The van der Waals surface area contributed by atoms with Crippen LogP contribution in [0.5, 0.6) is 5.75 Å². The first-order chi connectivity index (χ1) is 12.8. The highest BCUT2D eigenvalue weighted by Crippen LogP contribution is 2.24. The SMILES string of the molecule is COc1ccccc1/C=C(/C(=O)NCc1ccccn1)c1ccccc1. The number of benzene rings is 2. The van der Waals surface area contributed by atoms with Gasteiger partial charge in [-0.3, -0.25) is 9.78 Å². The average molecular weight is 344 g/mol. The van der Waals surface area contributed by atoms with Gasteiger partial charge in [-0.1, -0.05) is 54.6 Å². The molecule has 0 bridgehead atoms. The molecule has 0 atom stereocenters. The number of carbonyl (C=O) groups excluding carboxylic acids is 1. The van der Waals surface area contributed by atoms with E-state index in [0.717, 1.165) is 22.6 Å². The lowest BCUT2D eigenvalue weighted by Crippen LogP contribution is -2.24. The Morgan fingerprint density at radius 1 is 1.00 bits per heavy atom. The van der Waals surface area contributed by atoms with Crippen LogP contribution in [0, 0.1) is 0 Å². The Labute approximate surface area is 153 Å². The molecule has 1 amide bonds. The lowest BCUT2D eigenvalue weighted by Gasteiger charge is -2.11. The van der Waals surface area contributed by atoms with Crippen molar-refractivity contribution in [3.63, 3.8) is 0 Å². The van der Waals surface area contributed by atoms with Crippen LogP contribution in [0.2, 0.25) is 0 Å². The molecule has 0 radical (unpaired) electrons. The maximum atomic E-state index is 12.9. The van der Waals surface area contributed by atoms with Crippen LogP contribution in [0.1, 0.15) is 16.8 Å². The number of nitrogens with zero attached hydrogens (tertiary/aromatic N) is 1. The van der Waals surface area contributed by atoms with Crippen LogP contribution in [-0.2, 0) is 11.3 Å². The number of aromatic nitrogens is 1. The second kappa shape index (κ2) is 8.62. The van der Waals surface area contributed by atoms with Crippen molar-refractivity contribution in [3.05, 3.63) is 95.8 Å². The minimum atomic E-state index is -0.159. The summed E-state index contributed by atoms with van der Waals surface area (Å²) >= 11 is 0. The van der Waals surface area contributed by atoms with Crippen molar-refractivity contribution in [1.82, 2.24) is 10.3 Å². The summed E-state index contributed by atoms with van der Waals surface area (Å²) in [5, 5.41) is 2.94. The molecule has 1 N–H and O–H groups in total. The molecule has 3 rings (SSSR count). The fraction of sp³-hybridized carbons (Fsp3) is 0.0909. The molecule has 0 spiro atoms. The van der Waals surface area contributed by atoms with Gasteiger partial charge < -0.3 is 10.1 Å². The maximum Gasteiger partial charge on any atom is 0.252 e. The fourth-order valence-electron chi connectivity index (χ4n) is 2.61. The minimum absolute atomic E-state index is 0.159. The molecule has 26 heavy (non-hydrogen) atoms. The smallest absolute Gasteiger partial charge is 0.252 e. The van der Waals surface area contributed by atoms with E-state index in [1.165, 1.54) is 0 Å². The van der Waals surface area contributed by atoms with Crippen LogP contribution in [0.4, 0.5) is 0 Å². The molecule has 2 aromatic carbocycles. The predicted octanol–water partition coefficient (Wildman–Crippen LogP) is 3.95. The van der Waals surface area contributed by atoms with E-state index in [2.05, 4.69) is 10.3 Å². The van der Waals surface area contributed by atoms with E-state index >= 15 is 0 Å². The van der Waals surface area contributed by atoms with E-state index in [4.69, 9.17) is 4.74 Å². The van der Waals surface area contributed by atoms with Crippen molar-refractivity contribution in [2.24, 2.45) is 0 Å². The second-order valence-corrected chi connectivity index (χ2v) is 5.67. The lowest BCUT2D eigenvalue weighted by molar-refractivity contribution is -0.115. The van der Waals surface area contributed by atoms with Crippen molar-refractivity contribution in [2.45, 2.75) is 6.54 Å². The first-order valence-electron chi connectivity index (χ1n) is 8.36. The number of carbonyl (C=O) groups is 1. The standard InChI is InChI=1S/C22H20N2O2/c1-26-21-13-6-5-11-18(21)15-20(17-9-3-2-4-10-17)22(25)24-16-19-12-7-8-14-23-19/h2-15H,16H2,1H3,(H,24,25)/b20-15+. The molecule has 3 aromatic rings. The number of pyridine rings is 1. The summed E-state index contributed by atoms with van der Waals surface area (Å²) in [6.45, 7) is 0.371. The minimum Gasteiger partial charge on any atom is -0.496 e. The average Bonchev–Trinajstić information content (AvgIpc) is 2.72. The number of methoxy groups -OCH3 is 1. The number of para-hydroxylation sites is 1. The van der Waals surface area contributed by atoms with E-state index in [0.29, 0.717) is 12.1 Å². The molecule has 1 heterocycles. The van der Waals surface area contributed by atoms with Crippen molar-refractivity contribution in [2.75, 3.05) is 7.11 Å². The molecule has 0 unspecified atom stereocenters. The first kappa shape index (κ1) is 17.4. The van der Waals surface area contributed by atoms with Crippen molar-refractivity contribution in [1.29, 1.82) is 0 Å². The van der Waals surface area contributed by atoms with Gasteiger partial charge in [0.1, 0.15) is 5.75 Å². The van der Waals surface area contributed by atoms with Gasteiger partial charge in [0.15, 0.2) is 0 Å². The van der Waals surface area contributed by atoms with E-state index in [1.54, 1.807) is 13.3 Å². The molecule has 0 aliphatic carbocycles. The number of rotatable bonds is 6. The fourth-order valence-corrected chi connectivity index (χ4v) is 2.61. The zero-order valence-electron chi connectivity index (χ0n) is 14.6. The van der Waals surface area contributed by atoms with Crippen LogP contribution in [0.3, 0.4) is 0 Å². The number of amides is 1. The van der Waals surface area contributed by atoms with E-state index in [9.17, 15) is 4.79 Å². The normalized spacial score (nSPS) is 11.0. The summed E-state index contributed by atoms with van der Waals surface area (Å²) in [6, 6.07) is 22.8. The molecule has 0 fully saturated rings. The number of ether oxygens (including phenoxy) is 1. The Bertz CT molecular complexity index is 890. The van der Waals surface area contributed by atoms with E-state index in [-0.39, 0.29) is 5.91 Å². The summed E-state index contributed by atoms with van der Waals surface area (Å²) in [5.74, 6) is 0.561. The Morgan fingerprint density at radius 2 is 1.73 bits per heavy atom. The highest BCUT2D eigenvalue weighted by Gasteiger charge is 2.13. The largest absolute Gasteiger partial charge is 0.496 e. The Balaban J connectivity index is 1.91. The molecular formula is C22H20N2O2. The zero-order valence-corrected chi connectivity index (χ0v) is 14.6. The van der Waals surface area contributed by atoms with Gasteiger partial charge in [-0.25, -0.2) is 0 Å². The highest BCUT2D eigenvalue weighted by molar-refractivity contribution is 6.24. The number of nitrogens with one attached hydrogen (secondary N) is 1. The van der Waals surface area contributed by atoms with Crippen LogP contribution >= 0.6 is 0 Å². The van der Waals surface area contributed by atoms with Gasteiger partial charge in [0, 0.05) is 17.3 Å². The second-order valence-electron chi connectivity index (χ2n) is 5.67. The molecule has 130 valence electrons. The van der Waals surface area contributed by atoms with Crippen molar-refractivity contribution in [3.8, 4) is 5.75 Å². The summed E-state index contributed by atoms with van der Waals surface area (Å²) in [6.07, 6.45) is 3.56. The van der Waals surface area contributed by atoms with Gasteiger partial charge >= 0.3 is 0 Å². The van der Waals surface area contributed by atoms with Gasteiger partial charge in [-0.05, 0) is 29.8 Å². The van der Waals surface area contributed by atoms with Gasteiger partial charge in [0.25, 0.3) is 5.91 Å². The summed E-state index contributed by atoms with van der Waals surface area (Å²) < 4.78 is 5.40. The van der Waals surface area contributed by atoms with Crippen LogP contribution in [0.15, 0.2) is 79.0 Å². The molecule has 0 aliphatic heterocycles. The molecule has 4 nitrogen and oxygen atoms in total. The third kappa shape index (κ3) is 4.36. The Morgan fingerprint density at radius 3 is 2.46 bits per heavy atom. The monoisotopic (exact) mass is 344 g/mol. The number of hydrogen-bond acceptors (Lipinski definition) is 3. The van der Waals surface area contributed by atoms with E-state index in [1.807, 2.05) is 78.9 Å². The topological polar surface area (TPSA) is 51.2 Å². The Kier molecular flexibility index (Phi) is 5.78. The van der Waals surface area contributed by atoms with Crippen LogP contribution < -0.4 is 10.1 Å². The van der Waals surface area contributed by atoms with E-state index < -0.39 is 0 Å². The summed E-state index contributed by atoms with van der Waals surface area (Å²) in [5.41, 5.74) is 3.08. The highest BCUT2D eigenvalue weighted by atomic mass is 16.5. The lowest BCUT2D eigenvalue weighted by atomic mass is 10.0. The van der Waals surface area contributed by atoms with Gasteiger partial charge in [-0.15, -0.1) is 0 Å². The van der Waals surface area contributed by atoms with Crippen molar-refractivity contribution >= 4 is 17.6 Å². The number of hydrogen-bond donors (Lipinski definition) is 1. The first-order valence-corrected chi connectivity index (χ1v) is 8.36. The molecule has 4 heteroatoms. The zero-order chi connectivity index (χ0) is 18.2. The molecular weight excluding hydrogens is 324 g/mol. The van der Waals surface area contributed by atoms with Gasteiger partial charge in [0.05, 0.1) is 19.3 Å². The Hall–Kier alpha value is -3.40. The van der Waals surface area contributed by atoms with Crippen LogP contribution in [-0.4, -0.2) is 18.0 Å². The summed E-state index contributed by atoms with van der Waals surface area (Å²) in [7, 11) is 1.62. The van der Waals surface area contributed by atoms with Gasteiger partial charge in [-0.2, -0.15) is 0 Å². The molecule has 1 aromatic heterocycles. The molecule has 0 aliphatic rings.